The molecule has 6 heteroatoms. The summed E-state index contributed by atoms with van der Waals surface area (Å²) in [5, 5.41) is 11.6. The first-order valence-corrected chi connectivity index (χ1v) is 7.45. The second-order valence-electron chi connectivity index (χ2n) is 5.58. The van der Waals surface area contributed by atoms with E-state index in [9.17, 15) is 9.59 Å². The summed E-state index contributed by atoms with van der Waals surface area (Å²) < 4.78 is 0. The van der Waals surface area contributed by atoms with E-state index in [0.29, 0.717) is 19.4 Å². The number of carbonyl (C=O) groups excluding carboxylic acids is 1. The van der Waals surface area contributed by atoms with Crippen molar-refractivity contribution >= 4 is 12.0 Å². The lowest BCUT2D eigenvalue weighted by molar-refractivity contribution is -0.141. The van der Waals surface area contributed by atoms with E-state index >= 15 is 0 Å². The molecule has 1 aliphatic rings. The monoisotopic (exact) mass is 285 g/mol. The summed E-state index contributed by atoms with van der Waals surface area (Å²) >= 11 is 0. The summed E-state index contributed by atoms with van der Waals surface area (Å²) in [6.45, 7) is 6.17. The van der Waals surface area contributed by atoms with Gasteiger partial charge in [0.1, 0.15) is 0 Å². The Morgan fingerprint density at radius 2 is 2.00 bits per heavy atom. The molecule has 1 rings (SSSR count). The van der Waals surface area contributed by atoms with Crippen molar-refractivity contribution in [3.8, 4) is 0 Å². The summed E-state index contributed by atoms with van der Waals surface area (Å²) in [7, 11) is 1.80. The van der Waals surface area contributed by atoms with Crippen LogP contribution in [0.2, 0.25) is 0 Å². The standard InChI is InChI=1S/C14H27N3O3/c1-12(13(18)19)6-5-7-15-14(20)16(2)10-11-17-8-3-4-9-17/h12H,3-11H2,1-2H3,(H,15,20)(H,18,19). The number of rotatable bonds is 8. The molecule has 20 heavy (non-hydrogen) atoms. The van der Waals surface area contributed by atoms with Gasteiger partial charge in [-0.2, -0.15) is 0 Å². The molecule has 1 saturated heterocycles. The van der Waals surface area contributed by atoms with Gasteiger partial charge in [0.2, 0.25) is 0 Å². The molecule has 1 atom stereocenters. The lowest BCUT2D eigenvalue weighted by Crippen LogP contribution is -2.41. The van der Waals surface area contributed by atoms with E-state index in [2.05, 4.69) is 10.2 Å². The number of carboxylic acids is 1. The third-order valence-corrected chi connectivity index (χ3v) is 3.81. The van der Waals surface area contributed by atoms with E-state index in [4.69, 9.17) is 5.11 Å². The molecule has 2 N–H and O–H groups in total. The zero-order chi connectivity index (χ0) is 15.0. The van der Waals surface area contributed by atoms with Crippen LogP contribution in [0.15, 0.2) is 0 Å². The van der Waals surface area contributed by atoms with Crippen LogP contribution in [-0.4, -0.2) is 66.7 Å². The average Bonchev–Trinajstić information content (AvgIpc) is 2.93. The predicted octanol–water partition coefficient (Wildman–Crippen LogP) is 1.22. The first kappa shape index (κ1) is 16.8. The quantitative estimate of drug-likeness (QED) is 0.658. The molecule has 1 heterocycles. The van der Waals surface area contributed by atoms with Gasteiger partial charge in [-0.1, -0.05) is 6.92 Å². The van der Waals surface area contributed by atoms with E-state index in [1.165, 1.54) is 12.8 Å². The summed E-state index contributed by atoms with van der Waals surface area (Å²) in [6, 6.07) is -0.0767. The van der Waals surface area contributed by atoms with Gasteiger partial charge in [0, 0.05) is 26.7 Å². The minimum atomic E-state index is -0.779. The number of nitrogens with zero attached hydrogens (tertiary/aromatic N) is 2. The largest absolute Gasteiger partial charge is 0.481 e. The molecule has 6 nitrogen and oxygen atoms in total. The molecule has 116 valence electrons. The van der Waals surface area contributed by atoms with E-state index in [0.717, 1.165) is 26.2 Å². The molecule has 0 aromatic rings. The molecule has 1 unspecified atom stereocenters. The number of likely N-dealkylation sites (N-methyl/N-ethyl adjacent to an activating group) is 1. The Kier molecular flexibility index (Phi) is 7.36. The van der Waals surface area contributed by atoms with Crippen LogP contribution < -0.4 is 5.32 Å². The van der Waals surface area contributed by atoms with Crippen LogP contribution in [0.1, 0.15) is 32.6 Å². The van der Waals surface area contributed by atoms with Crippen molar-refractivity contribution in [3.05, 3.63) is 0 Å². The fourth-order valence-corrected chi connectivity index (χ4v) is 2.26. The average molecular weight is 285 g/mol. The molecule has 0 saturated carbocycles. The number of nitrogens with one attached hydrogen (secondary N) is 1. The Hall–Kier alpha value is -1.30. The van der Waals surface area contributed by atoms with Crippen molar-refractivity contribution in [1.82, 2.24) is 15.1 Å². The minimum absolute atomic E-state index is 0.0767. The summed E-state index contributed by atoms with van der Waals surface area (Å²) in [4.78, 5) is 26.5. The van der Waals surface area contributed by atoms with Crippen molar-refractivity contribution in [2.75, 3.05) is 39.8 Å². The highest BCUT2D eigenvalue weighted by molar-refractivity contribution is 5.73. The number of likely N-dealkylation sites (tertiary alicyclic amines) is 1. The highest BCUT2D eigenvalue weighted by atomic mass is 16.4. The fraction of sp³-hybridized carbons (Fsp3) is 0.857. The number of hydrogen-bond donors (Lipinski definition) is 2. The lowest BCUT2D eigenvalue weighted by atomic mass is 10.1. The Morgan fingerprint density at radius 3 is 2.60 bits per heavy atom. The second-order valence-corrected chi connectivity index (χ2v) is 5.58. The van der Waals surface area contributed by atoms with Crippen molar-refractivity contribution < 1.29 is 14.7 Å². The molecule has 0 radical (unpaired) electrons. The smallest absolute Gasteiger partial charge is 0.317 e. The molecule has 0 spiro atoms. The maximum atomic E-state index is 11.8. The van der Waals surface area contributed by atoms with Gasteiger partial charge < -0.3 is 20.2 Å². The van der Waals surface area contributed by atoms with Gasteiger partial charge in [-0.3, -0.25) is 4.79 Å². The Bertz CT molecular complexity index is 317. The SMILES string of the molecule is CC(CCCNC(=O)N(C)CCN1CCCC1)C(=O)O. The van der Waals surface area contributed by atoms with Crippen LogP contribution in [0.3, 0.4) is 0 Å². The van der Waals surface area contributed by atoms with Crippen molar-refractivity contribution in [3.63, 3.8) is 0 Å². The summed E-state index contributed by atoms with van der Waals surface area (Å²) in [5.41, 5.74) is 0. The van der Waals surface area contributed by atoms with Crippen molar-refractivity contribution in [1.29, 1.82) is 0 Å². The van der Waals surface area contributed by atoms with Crippen LogP contribution in [-0.2, 0) is 4.79 Å². The second kappa shape index (κ2) is 8.79. The van der Waals surface area contributed by atoms with E-state index in [1.54, 1.807) is 18.9 Å². The van der Waals surface area contributed by atoms with Crippen molar-refractivity contribution in [2.24, 2.45) is 5.92 Å². The maximum Gasteiger partial charge on any atom is 0.317 e. The Labute approximate surface area is 121 Å². The third kappa shape index (κ3) is 6.23. The fourth-order valence-electron chi connectivity index (χ4n) is 2.26. The normalized spacial score (nSPS) is 16.9. The first-order valence-electron chi connectivity index (χ1n) is 7.45. The maximum absolute atomic E-state index is 11.8. The molecule has 0 aliphatic carbocycles. The zero-order valence-electron chi connectivity index (χ0n) is 12.6. The number of carboxylic acid groups (broad SMARTS) is 1. The minimum Gasteiger partial charge on any atom is -0.481 e. The molecule has 2 amide bonds. The molecule has 0 aromatic carbocycles. The number of amides is 2. The zero-order valence-corrected chi connectivity index (χ0v) is 12.6. The molecule has 0 bridgehead atoms. The number of aliphatic carboxylic acids is 1. The van der Waals surface area contributed by atoms with Crippen LogP contribution in [0, 0.1) is 5.92 Å². The molecular weight excluding hydrogens is 258 g/mol. The predicted molar refractivity (Wildman–Crippen MR) is 77.7 cm³/mol. The molecule has 1 fully saturated rings. The molecular formula is C14H27N3O3. The number of carbonyl (C=O) groups is 2. The van der Waals surface area contributed by atoms with Gasteiger partial charge in [0.25, 0.3) is 0 Å². The molecule has 0 aromatic heterocycles. The van der Waals surface area contributed by atoms with Gasteiger partial charge in [-0.25, -0.2) is 4.79 Å². The van der Waals surface area contributed by atoms with Crippen LogP contribution >= 0.6 is 0 Å². The third-order valence-electron chi connectivity index (χ3n) is 3.81. The van der Waals surface area contributed by atoms with Gasteiger partial charge in [-0.15, -0.1) is 0 Å². The number of hydrogen-bond acceptors (Lipinski definition) is 3. The van der Waals surface area contributed by atoms with E-state index in [1.807, 2.05) is 0 Å². The topological polar surface area (TPSA) is 72.9 Å². The van der Waals surface area contributed by atoms with Crippen molar-refractivity contribution in [2.45, 2.75) is 32.6 Å². The summed E-state index contributed by atoms with van der Waals surface area (Å²) in [6.07, 6.45) is 3.81. The highest BCUT2D eigenvalue weighted by Crippen LogP contribution is 2.06. The van der Waals surface area contributed by atoms with Gasteiger partial charge in [0.05, 0.1) is 5.92 Å². The number of urea groups is 1. The van der Waals surface area contributed by atoms with Gasteiger partial charge in [0.15, 0.2) is 0 Å². The van der Waals surface area contributed by atoms with E-state index < -0.39 is 5.97 Å². The Balaban J connectivity index is 2.07. The van der Waals surface area contributed by atoms with Crippen LogP contribution in [0.25, 0.3) is 0 Å². The molecule has 1 aliphatic heterocycles. The summed E-state index contributed by atoms with van der Waals surface area (Å²) in [5.74, 6) is -1.13. The Morgan fingerprint density at radius 1 is 1.35 bits per heavy atom. The highest BCUT2D eigenvalue weighted by Gasteiger charge is 2.14. The van der Waals surface area contributed by atoms with Crippen LogP contribution in [0.4, 0.5) is 4.79 Å². The van der Waals surface area contributed by atoms with E-state index in [-0.39, 0.29) is 11.9 Å². The van der Waals surface area contributed by atoms with Crippen LogP contribution in [0.5, 0.6) is 0 Å². The van der Waals surface area contributed by atoms with Gasteiger partial charge in [-0.05, 0) is 38.8 Å². The van der Waals surface area contributed by atoms with Gasteiger partial charge >= 0.3 is 12.0 Å². The lowest BCUT2D eigenvalue weighted by Gasteiger charge is -2.22. The first-order chi connectivity index (χ1) is 9.50.